The Kier molecular flexibility index (Phi) is 4.86. The molecule has 1 aliphatic rings. The first-order valence-corrected chi connectivity index (χ1v) is 7.86. The van der Waals surface area contributed by atoms with Gasteiger partial charge in [-0.2, -0.15) is 0 Å². The molecule has 0 aromatic heterocycles. The quantitative estimate of drug-likeness (QED) is 0.700. The molecule has 0 amide bonds. The summed E-state index contributed by atoms with van der Waals surface area (Å²) >= 11 is 0. The molecule has 1 fully saturated rings. The van der Waals surface area contributed by atoms with Crippen LogP contribution in [0.2, 0.25) is 0 Å². The standard InChI is InChI=1S/C18H14F4O5/c1-25-14-8-11(27-18(20,21)22)4-5-13(14)26-15-7-10(9-2-3-9)6-12(19)16(15)17(23)24/h4-9H,2-3H2,1H3,(H,23,24). The van der Waals surface area contributed by atoms with Crippen molar-refractivity contribution in [2.45, 2.75) is 25.1 Å². The molecule has 0 aliphatic heterocycles. The first kappa shape index (κ1) is 18.8. The Morgan fingerprint density at radius 1 is 1.11 bits per heavy atom. The third kappa shape index (κ3) is 4.42. The summed E-state index contributed by atoms with van der Waals surface area (Å²) in [7, 11) is 1.19. The summed E-state index contributed by atoms with van der Waals surface area (Å²) in [5, 5.41) is 9.27. The topological polar surface area (TPSA) is 65.0 Å². The minimum Gasteiger partial charge on any atom is -0.493 e. The van der Waals surface area contributed by atoms with E-state index in [1.807, 2.05) is 0 Å². The van der Waals surface area contributed by atoms with Gasteiger partial charge in [0.1, 0.15) is 22.9 Å². The average molecular weight is 386 g/mol. The number of hydrogen-bond donors (Lipinski definition) is 1. The monoisotopic (exact) mass is 386 g/mol. The molecule has 1 saturated carbocycles. The van der Waals surface area contributed by atoms with Crippen LogP contribution >= 0.6 is 0 Å². The molecule has 144 valence electrons. The van der Waals surface area contributed by atoms with Gasteiger partial charge in [0.25, 0.3) is 0 Å². The van der Waals surface area contributed by atoms with Crippen LogP contribution in [0.15, 0.2) is 30.3 Å². The number of carboxylic acids is 1. The van der Waals surface area contributed by atoms with Crippen LogP contribution in [0.4, 0.5) is 17.6 Å². The van der Waals surface area contributed by atoms with Crippen LogP contribution in [0.5, 0.6) is 23.0 Å². The predicted octanol–water partition coefficient (Wildman–Crippen LogP) is 5.10. The average Bonchev–Trinajstić information content (AvgIpc) is 3.39. The molecule has 0 heterocycles. The van der Waals surface area contributed by atoms with Gasteiger partial charge in [-0.05, 0) is 48.6 Å². The Labute approximate surface area is 151 Å². The van der Waals surface area contributed by atoms with Gasteiger partial charge in [-0.3, -0.25) is 0 Å². The van der Waals surface area contributed by atoms with Crippen molar-refractivity contribution >= 4 is 5.97 Å². The molecule has 0 saturated heterocycles. The highest BCUT2D eigenvalue weighted by Gasteiger charge is 2.32. The molecule has 27 heavy (non-hydrogen) atoms. The van der Waals surface area contributed by atoms with Crippen LogP contribution in [0.3, 0.4) is 0 Å². The minimum absolute atomic E-state index is 0.0816. The van der Waals surface area contributed by atoms with Crippen LogP contribution in [-0.4, -0.2) is 24.5 Å². The summed E-state index contributed by atoms with van der Waals surface area (Å²) in [6, 6.07) is 5.61. The third-order valence-electron chi connectivity index (χ3n) is 3.93. The normalized spacial score (nSPS) is 14.0. The predicted molar refractivity (Wildman–Crippen MR) is 85.1 cm³/mol. The fraction of sp³-hybridized carbons (Fsp3) is 0.278. The van der Waals surface area contributed by atoms with E-state index >= 15 is 0 Å². The maximum Gasteiger partial charge on any atom is 0.573 e. The van der Waals surface area contributed by atoms with Crippen LogP contribution in [0, 0.1) is 5.82 Å². The number of carbonyl (C=O) groups is 1. The molecular weight excluding hydrogens is 372 g/mol. The van der Waals surface area contributed by atoms with E-state index in [0.29, 0.717) is 5.56 Å². The highest BCUT2D eigenvalue weighted by atomic mass is 19.4. The number of methoxy groups -OCH3 is 1. The van der Waals surface area contributed by atoms with Gasteiger partial charge in [0, 0.05) is 6.07 Å². The molecule has 5 nitrogen and oxygen atoms in total. The number of ether oxygens (including phenoxy) is 3. The van der Waals surface area contributed by atoms with E-state index in [2.05, 4.69) is 4.74 Å². The number of halogens is 4. The van der Waals surface area contributed by atoms with E-state index in [1.54, 1.807) is 0 Å². The van der Waals surface area contributed by atoms with Crippen molar-refractivity contribution in [2.75, 3.05) is 7.11 Å². The first-order chi connectivity index (χ1) is 12.7. The Morgan fingerprint density at radius 2 is 1.81 bits per heavy atom. The zero-order chi connectivity index (χ0) is 19.8. The maximum absolute atomic E-state index is 14.2. The number of carboxylic acid groups (broad SMARTS) is 1. The SMILES string of the molecule is COc1cc(OC(F)(F)F)ccc1Oc1cc(C2CC2)cc(F)c1C(=O)O. The second-order valence-electron chi connectivity index (χ2n) is 5.92. The minimum atomic E-state index is -4.88. The van der Waals surface area contributed by atoms with Crippen molar-refractivity contribution in [1.82, 2.24) is 0 Å². The van der Waals surface area contributed by atoms with Crippen molar-refractivity contribution in [3.63, 3.8) is 0 Å². The molecule has 1 N–H and O–H groups in total. The van der Waals surface area contributed by atoms with Gasteiger partial charge in [0.05, 0.1) is 7.11 Å². The molecule has 0 spiro atoms. The molecule has 9 heteroatoms. The highest BCUT2D eigenvalue weighted by Crippen LogP contribution is 2.44. The lowest BCUT2D eigenvalue weighted by molar-refractivity contribution is -0.274. The van der Waals surface area contributed by atoms with Gasteiger partial charge in [-0.15, -0.1) is 13.2 Å². The van der Waals surface area contributed by atoms with E-state index < -0.39 is 29.5 Å². The summed E-state index contributed by atoms with van der Waals surface area (Å²) < 4.78 is 65.5. The zero-order valence-electron chi connectivity index (χ0n) is 14.0. The maximum atomic E-state index is 14.2. The van der Waals surface area contributed by atoms with Gasteiger partial charge in [0.2, 0.25) is 0 Å². The Morgan fingerprint density at radius 3 is 2.37 bits per heavy atom. The summed E-state index contributed by atoms with van der Waals surface area (Å²) in [5.41, 5.74) is -0.0689. The largest absolute Gasteiger partial charge is 0.573 e. The van der Waals surface area contributed by atoms with E-state index in [1.165, 1.54) is 13.2 Å². The molecule has 2 aromatic carbocycles. The number of rotatable bonds is 6. The Balaban J connectivity index is 1.97. The summed E-state index contributed by atoms with van der Waals surface area (Å²) in [4.78, 5) is 11.4. The fourth-order valence-corrected chi connectivity index (χ4v) is 2.59. The van der Waals surface area contributed by atoms with Crippen LogP contribution in [-0.2, 0) is 0 Å². The molecule has 0 radical (unpaired) electrons. The van der Waals surface area contributed by atoms with Gasteiger partial charge in [-0.1, -0.05) is 0 Å². The van der Waals surface area contributed by atoms with E-state index in [-0.39, 0.29) is 23.2 Å². The fourth-order valence-electron chi connectivity index (χ4n) is 2.59. The Hall–Kier alpha value is -2.97. The van der Waals surface area contributed by atoms with E-state index in [0.717, 1.165) is 37.1 Å². The van der Waals surface area contributed by atoms with Crippen molar-refractivity contribution in [3.8, 4) is 23.0 Å². The Bertz CT molecular complexity index is 875. The summed E-state index contributed by atoms with van der Waals surface area (Å²) in [6.45, 7) is 0. The lowest BCUT2D eigenvalue weighted by Gasteiger charge is -2.15. The number of aromatic carboxylic acids is 1. The van der Waals surface area contributed by atoms with Crippen LogP contribution in [0.25, 0.3) is 0 Å². The van der Waals surface area contributed by atoms with E-state index in [9.17, 15) is 27.5 Å². The van der Waals surface area contributed by atoms with E-state index in [4.69, 9.17) is 9.47 Å². The second-order valence-corrected chi connectivity index (χ2v) is 5.92. The molecular formula is C18H14F4O5. The van der Waals surface area contributed by atoms with Gasteiger partial charge in [0.15, 0.2) is 11.5 Å². The van der Waals surface area contributed by atoms with Gasteiger partial charge >= 0.3 is 12.3 Å². The third-order valence-corrected chi connectivity index (χ3v) is 3.93. The lowest BCUT2D eigenvalue weighted by Crippen LogP contribution is -2.17. The summed E-state index contributed by atoms with van der Waals surface area (Å²) in [5.74, 6) is -3.35. The highest BCUT2D eigenvalue weighted by molar-refractivity contribution is 5.91. The van der Waals surface area contributed by atoms with Crippen molar-refractivity contribution in [2.24, 2.45) is 0 Å². The molecule has 1 aliphatic carbocycles. The number of benzene rings is 2. The van der Waals surface area contributed by atoms with Gasteiger partial charge in [-0.25, -0.2) is 9.18 Å². The smallest absolute Gasteiger partial charge is 0.493 e. The van der Waals surface area contributed by atoms with Crippen molar-refractivity contribution in [1.29, 1.82) is 0 Å². The number of hydrogen-bond acceptors (Lipinski definition) is 4. The molecule has 2 aromatic rings. The van der Waals surface area contributed by atoms with Crippen molar-refractivity contribution < 1.29 is 41.7 Å². The molecule has 3 rings (SSSR count). The molecule has 0 atom stereocenters. The number of alkyl halides is 3. The molecule has 0 bridgehead atoms. The second kappa shape index (κ2) is 6.98. The van der Waals surface area contributed by atoms with Crippen molar-refractivity contribution in [3.05, 3.63) is 47.3 Å². The zero-order valence-corrected chi connectivity index (χ0v) is 14.0. The molecule has 0 unspecified atom stereocenters. The first-order valence-electron chi connectivity index (χ1n) is 7.86. The summed E-state index contributed by atoms with van der Waals surface area (Å²) in [6.07, 6.45) is -3.16. The lowest BCUT2D eigenvalue weighted by atomic mass is 10.1. The van der Waals surface area contributed by atoms with Crippen LogP contribution < -0.4 is 14.2 Å². The van der Waals surface area contributed by atoms with Gasteiger partial charge < -0.3 is 19.3 Å². The van der Waals surface area contributed by atoms with Crippen LogP contribution in [0.1, 0.15) is 34.7 Å².